The lowest BCUT2D eigenvalue weighted by Gasteiger charge is -1.82. The van der Waals surface area contributed by atoms with Gasteiger partial charge in [-0.2, -0.15) is 0 Å². The molecule has 1 aromatic rings. The van der Waals surface area contributed by atoms with Gasteiger partial charge in [0.05, 0.1) is 0 Å². The van der Waals surface area contributed by atoms with Crippen LogP contribution in [-0.4, -0.2) is 20.5 Å². The summed E-state index contributed by atoms with van der Waals surface area (Å²) in [6.07, 6.45) is 0. The van der Waals surface area contributed by atoms with Crippen molar-refractivity contribution in [2.24, 2.45) is 5.73 Å². The smallest absolute Gasteiger partial charge is 0.106 e. The van der Waals surface area contributed by atoms with E-state index in [9.17, 15) is 0 Å². The van der Waals surface area contributed by atoms with Crippen LogP contribution in [0.2, 0.25) is 0 Å². The van der Waals surface area contributed by atoms with Crippen molar-refractivity contribution in [1.29, 1.82) is 0 Å². The molecule has 1 rings (SSSR count). The average Bonchev–Trinajstić information content (AvgIpc) is 2.43. The van der Waals surface area contributed by atoms with Crippen molar-refractivity contribution in [3.63, 3.8) is 0 Å². The van der Waals surface area contributed by atoms with E-state index in [0.717, 1.165) is 12.3 Å². The van der Waals surface area contributed by atoms with Crippen molar-refractivity contribution in [3.05, 3.63) is 47.0 Å². The zero-order valence-corrected chi connectivity index (χ0v) is 12.6. The van der Waals surface area contributed by atoms with E-state index in [1.807, 2.05) is 31.9 Å². The molecule has 4 heteroatoms. The molecule has 0 aliphatic carbocycles. The van der Waals surface area contributed by atoms with Crippen LogP contribution >= 0.6 is 12.6 Å². The van der Waals surface area contributed by atoms with Gasteiger partial charge in [-0.1, -0.05) is 35.9 Å². The van der Waals surface area contributed by atoms with E-state index in [4.69, 9.17) is 10.5 Å². The average molecular weight is 271 g/mol. The maximum atomic E-state index is 8.00. The third kappa shape index (κ3) is 29.3. The van der Waals surface area contributed by atoms with Crippen LogP contribution in [0.3, 0.4) is 0 Å². The fourth-order valence-electron chi connectivity index (χ4n) is 0.534. The first-order chi connectivity index (χ1) is 8.58. The summed E-state index contributed by atoms with van der Waals surface area (Å²) < 4.78 is 4.54. The zero-order chi connectivity index (χ0) is 14.8. The van der Waals surface area contributed by atoms with E-state index < -0.39 is 0 Å². The van der Waals surface area contributed by atoms with Crippen LogP contribution in [0.15, 0.2) is 41.4 Å². The van der Waals surface area contributed by atoms with E-state index in [1.54, 1.807) is 19.4 Å². The molecule has 18 heavy (non-hydrogen) atoms. The Bertz CT molecular complexity index is 270. The molecule has 1 aromatic carbocycles. The zero-order valence-electron chi connectivity index (χ0n) is 11.7. The van der Waals surface area contributed by atoms with Gasteiger partial charge < -0.3 is 15.3 Å². The first kappa shape index (κ1) is 22.0. The molecule has 0 saturated carbocycles. The molecule has 0 amide bonds. The van der Waals surface area contributed by atoms with Crippen molar-refractivity contribution < 1.29 is 9.53 Å². The molecule has 2 N–H and O–H groups in total. The number of thiol groups is 1. The number of carbonyl (C=O) groups is 1. The Balaban J connectivity index is -0.000000183. The highest BCUT2D eigenvalue weighted by molar-refractivity contribution is 7.83. The third-order valence-corrected chi connectivity index (χ3v) is 1.84. The van der Waals surface area contributed by atoms with Crippen molar-refractivity contribution >= 4 is 19.4 Å². The quantitative estimate of drug-likeness (QED) is 0.771. The van der Waals surface area contributed by atoms with E-state index in [1.165, 1.54) is 5.56 Å². The fraction of sp³-hybridized carbons (Fsp3) is 0.357. The number of benzene rings is 1. The minimum absolute atomic E-state index is 0.744. The van der Waals surface area contributed by atoms with E-state index >= 15 is 0 Å². The van der Waals surface area contributed by atoms with Crippen molar-refractivity contribution in [2.45, 2.75) is 20.8 Å². The van der Waals surface area contributed by atoms with Gasteiger partial charge in [-0.25, -0.2) is 0 Å². The maximum Gasteiger partial charge on any atom is 0.106 e. The highest BCUT2D eigenvalue weighted by Gasteiger charge is 1.72. The summed E-state index contributed by atoms with van der Waals surface area (Å²) >= 11 is 3.73. The molecular weight excluding hydrogens is 246 g/mol. The Kier molecular flexibility index (Phi) is 25.7. The number of ether oxygens (including phenoxy) is 1. The first-order valence-corrected chi connectivity index (χ1v) is 5.96. The largest absolute Gasteiger partial charge is 0.402 e. The number of hydrogen-bond acceptors (Lipinski definition) is 4. The van der Waals surface area contributed by atoms with Crippen molar-refractivity contribution in [1.82, 2.24) is 0 Å². The molecule has 0 aromatic heterocycles. The van der Waals surface area contributed by atoms with Crippen LogP contribution in [0.25, 0.3) is 0 Å². The van der Waals surface area contributed by atoms with Crippen LogP contribution in [0.5, 0.6) is 0 Å². The Hall–Kier alpha value is -1.26. The molecule has 0 atom stereocenters. The number of nitrogens with two attached hydrogens (primary N) is 1. The summed E-state index contributed by atoms with van der Waals surface area (Å²) in [6.45, 7) is 8.65. The monoisotopic (exact) mass is 271 g/mol. The highest BCUT2D eigenvalue weighted by Crippen LogP contribution is 1.92. The second kappa shape index (κ2) is 21.1. The normalized spacial score (nSPS) is 8.61. The molecule has 0 radical (unpaired) electrons. The SMILES string of the molecule is C/C(N)=C/S.C=O.CCOC.Cc1ccccc1. The summed E-state index contributed by atoms with van der Waals surface area (Å²) in [5.74, 6) is 0. The second-order valence-corrected chi connectivity index (χ2v) is 3.36. The molecule has 0 aliphatic heterocycles. The van der Waals surface area contributed by atoms with Gasteiger partial charge in [0.15, 0.2) is 0 Å². The minimum atomic E-state index is 0.744. The third-order valence-electron chi connectivity index (χ3n) is 1.43. The number of carbonyl (C=O) groups excluding carboxylic acids is 1. The molecule has 0 spiro atoms. The van der Waals surface area contributed by atoms with Gasteiger partial charge >= 0.3 is 0 Å². The molecule has 0 unspecified atom stereocenters. The summed E-state index contributed by atoms with van der Waals surface area (Å²) in [4.78, 5) is 8.00. The standard InChI is InChI=1S/C7H8.C3H7NS.C3H8O.CH2O/c1-7-5-3-2-4-6-7;1-3(4)2-5;1-3-4-2;1-2/h2-6H,1H3;2,5H,4H2,1H3;3H2,1-2H3;1H2/b;3-2-;;. The van der Waals surface area contributed by atoms with Gasteiger partial charge in [0.25, 0.3) is 0 Å². The summed E-state index contributed by atoms with van der Waals surface area (Å²) in [6, 6.07) is 10.3. The van der Waals surface area contributed by atoms with Crippen LogP contribution in [0.4, 0.5) is 0 Å². The van der Waals surface area contributed by atoms with Gasteiger partial charge in [-0.05, 0) is 26.2 Å². The van der Waals surface area contributed by atoms with Gasteiger partial charge in [-0.3, -0.25) is 0 Å². The molecular formula is C14H25NO2S. The van der Waals surface area contributed by atoms with Crippen LogP contribution in [0.1, 0.15) is 19.4 Å². The van der Waals surface area contributed by atoms with Gasteiger partial charge in [0.1, 0.15) is 6.79 Å². The highest BCUT2D eigenvalue weighted by atomic mass is 32.1. The number of methoxy groups -OCH3 is 1. The number of hydrogen-bond donors (Lipinski definition) is 2. The summed E-state index contributed by atoms with van der Waals surface area (Å²) in [7, 11) is 1.68. The molecule has 0 heterocycles. The first-order valence-electron chi connectivity index (χ1n) is 5.44. The van der Waals surface area contributed by atoms with E-state index in [0.29, 0.717) is 0 Å². The predicted molar refractivity (Wildman–Crippen MR) is 82.8 cm³/mol. The molecule has 0 bridgehead atoms. The van der Waals surface area contributed by atoms with Crippen LogP contribution in [-0.2, 0) is 9.53 Å². The van der Waals surface area contributed by atoms with Gasteiger partial charge in [0.2, 0.25) is 0 Å². The summed E-state index contributed by atoms with van der Waals surface area (Å²) in [5.41, 5.74) is 7.14. The topological polar surface area (TPSA) is 52.3 Å². The van der Waals surface area contributed by atoms with Gasteiger partial charge in [-0.15, -0.1) is 12.6 Å². The Labute approximate surface area is 116 Å². The van der Waals surface area contributed by atoms with Crippen molar-refractivity contribution in [3.8, 4) is 0 Å². The van der Waals surface area contributed by atoms with Gasteiger partial charge in [0, 0.05) is 19.4 Å². The summed E-state index contributed by atoms with van der Waals surface area (Å²) in [5, 5.41) is 1.56. The Morgan fingerprint density at radius 2 is 1.72 bits per heavy atom. The molecule has 0 saturated heterocycles. The molecule has 104 valence electrons. The van der Waals surface area contributed by atoms with Crippen LogP contribution in [0, 0.1) is 6.92 Å². The lowest BCUT2D eigenvalue weighted by atomic mass is 10.2. The number of rotatable bonds is 1. The van der Waals surface area contributed by atoms with Crippen LogP contribution < -0.4 is 5.73 Å². The minimum Gasteiger partial charge on any atom is -0.402 e. The molecule has 0 aliphatic rings. The predicted octanol–water partition coefficient (Wildman–Crippen LogP) is 3.20. The van der Waals surface area contributed by atoms with Crippen molar-refractivity contribution in [2.75, 3.05) is 13.7 Å². The Morgan fingerprint density at radius 1 is 1.39 bits per heavy atom. The maximum absolute atomic E-state index is 8.00. The lowest BCUT2D eigenvalue weighted by Crippen LogP contribution is -1.85. The molecule has 3 nitrogen and oxygen atoms in total. The molecule has 0 fully saturated rings. The second-order valence-electron chi connectivity index (χ2n) is 3.11. The number of allylic oxidation sites excluding steroid dienone is 1. The fourth-order valence-corrected chi connectivity index (χ4v) is 0.534. The number of aryl methyl sites for hydroxylation is 1. The van der Waals surface area contributed by atoms with E-state index in [2.05, 4.69) is 36.4 Å². The Morgan fingerprint density at radius 3 is 1.83 bits per heavy atom. The van der Waals surface area contributed by atoms with E-state index in [-0.39, 0.29) is 0 Å². The lowest BCUT2D eigenvalue weighted by molar-refractivity contribution is -0.0979.